The van der Waals surface area contributed by atoms with E-state index in [4.69, 9.17) is 9.72 Å². The second kappa shape index (κ2) is 17.1. The van der Waals surface area contributed by atoms with E-state index in [9.17, 15) is 24.0 Å². The summed E-state index contributed by atoms with van der Waals surface area (Å²) >= 11 is 0. The van der Waals surface area contributed by atoms with Crippen LogP contribution in [0.5, 0.6) is 5.75 Å². The first-order chi connectivity index (χ1) is 28.9. The average molecular weight is 821 g/mol. The summed E-state index contributed by atoms with van der Waals surface area (Å²) < 4.78 is 5.69. The highest BCUT2D eigenvalue weighted by atomic mass is 16.5. The number of likely N-dealkylation sites (tertiary alicyclic amines) is 1. The molecule has 8 rings (SSSR count). The van der Waals surface area contributed by atoms with Crippen molar-refractivity contribution in [3.05, 3.63) is 59.8 Å². The Morgan fingerprint density at radius 3 is 2.37 bits per heavy atom. The summed E-state index contributed by atoms with van der Waals surface area (Å²) in [6, 6.07) is 13.4. The number of rotatable bonds is 11. The molecular formula is C44H56N10O6. The Hall–Kier alpha value is -5.77. The molecule has 2 aromatic carbocycles. The lowest BCUT2D eigenvalue weighted by Gasteiger charge is -2.37. The number of carbonyl (C=O) groups is 5. The van der Waals surface area contributed by atoms with Crippen molar-refractivity contribution in [3.8, 4) is 5.75 Å². The summed E-state index contributed by atoms with van der Waals surface area (Å²) in [5, 5.41) is 8.86. The molecule has 1 saturated carbocycles. The second-order valence-corrected chi connectivity index (χ2v) is 17.1. The molecule has 4 aliphatic heterocycles. The van der Waals surface area contributed by atoms with Gasteiger partial charge in [-0.1, -0.05) is 12.1 Å². The Morgan fingerprint density at radius 1 is 0.967 bits per heavy atom. The molecule has 5 aliphatic rings. The number of imide groups is 1. The molecule has 1 aliphatic carbocycles. The van der Waals surface area contributed by atoms with Crippen LogP contribution in [-0.2, 0) is 19.2 Å². The summed E-state index contributed by atoms with van der Waals surface area (Å²) in [5.41, 5.74) is 3.42. The van der Waals surface area contributed by atoms with E-state index >= 15 is 0 Å². The minimum atomic E-state index is -0.360. The fourth-order valence-corrected chi connectivity index (χ4v) is 8.93. The van der Waals surface area contributed by atoms with Gasteiger partial charge in [-0.05, 0) is 81.8 Å². The number of ether oxygens (including phenoxy) is 1. The molecule has 0 radical (unpaired) electrons. The first-order valence-electron chi connectivity index (χ1n) is 21.3. The fraction of sp³-hybridized carbons (Fsp3) is 0.523. The topological polar surface area (TPSA) is 173 Å². The van der Waals surface area contributed by atoms with Crippen molar-refractivity contribution >= 4 is 58.4 Å². The molecule has 3 aromatic rings. The summed E-state index contributed by atoms with van der Waals surface area (Å²) in [5.74, 6) is 0.864. The van der Waals surface area contributed by atoms with E-state index in [2.05, 4.69) is 61.6 Å². The monoisotopic (exact) mass is 820 g/mol. The van der Waals surface area contributed by atoms with Crippen molar-refractivity contribution in [2.75, 3.05) is 86.5 Å². The Morgan fingerprint density at radius 2 is 1.70 bits per heavy atom. The van der Waals surface area contributed by atoms with E-state index < -0.39 is 0 Å². The summed E-state index contributed by atoms with van der Waals surface area (Å²) in [7, 11) is 3.34. The van der Waals surface area contributed by atoms with Crippen LogP contribution in [-0.4, -0.2) is 128 Å². The highest BCUT2D eigenvalue weighted by Crippen LogP contribution is 2.52. The molecule has 4 fully saturated rings. The van der Waals surface area contributed by atoms with Gasteiger partial charge in [-0.2, -0.15) is 4.98 Å². The average Bonchev–Trinajstić information content (AvgIpc) is 4.06. The molecule has 1 spiro atoms. The predicted octanol–water partition coefficient (Wildman–Crippen LogP) is 3.65. The maximum absolute atomic E-state index is 13.4. The van der Waals surface area contributed by atoms with Crippen molar-refractivity contribution in [3.63, 3.8) is 0 Å². The van der Waals surface area contributed by atoms with Gasteiger partial charge in [-0.25, -0.2) is 4.98 Å². The van der Waals surface area contributed by atoms with Gasteiger partial charge >= 0.3 is 0 Å². The first-order valence-corrected chi connectivity index (χ1v) is 21.3. The molecule has 318 valence electrons. The number of amides is 5. The van der Waals surface area contributed by atoms with Crippen LogP contribution < -0.4 is 35.4 Å². The SMILES string of the molecule is COc1cc(C(=O)NC2CCN(C(=O)CCN3CCN(c4ccc(C5CCC(=O)NC5=O)cc4)CC3)CC2)ccc1Nc1ncc2c(n1)N(C(C)C)CC1(CC1)C(=O)N2C. The fourth-order valence-electron chi connectivity index (χ4n) is 8.93. The van der Waals surface area contributed by atoms with Gasteiger partial charge in [0, 0.05) is 95.6 Å². The molecule has 1 aromatic heterocycles. The number of carbonyl (C=O) groups excluding carboxylic acids is 5. The number of methoxy groups -OCH3 is 1. The maximum atomic E-state index is 13.4. The van der Waals surface area contributed by atoms with Crippen molar-refractivity contribution in [1.82, 2.24) is 30.4 Å². The van der Waals surface area contributed by atoms with Gasteiger partial charge in [0.25, 0.3) is 5.91 Å². The Bertz CT molecular complexity index is 2130. The van der Waals surface area contributed by atoms with Gasteiger partial charge in [-0.15, -0.1) is 0 Å². The van der Waals surface area contributed by atoms with E-state index in [0.717, 1.165) is 50.3 Å². The zero-order chi connectivity index (χ0) is 42.1. The smallest absolute Gasteiger partial charge is 0.251 e. The molecule has 16 nitrogen and oxygen atoms in total. The standard InChI is InChI=1S/C44H56N10O6/c1-28(2)54-27-44(16-17-44)42(59)50(3)35-26-45-43(49-39(35)54)47-34-11-7-30(25-36(34)60-4)40(57)46-31-13-19-53(20-14-31)38(56)15-18-51-21-23-52(24-22-51)32-8-5-29(6-9-32)33-10-12-37(55)48-41(33)58/h5-9,11,25-26,28,31,33H,10,12-24,27H2,1-4H3,(H,46,57)(H,45,47,49)(H,48,55,58). The minimum absolute atomic E-state index is 0.0480. The summed E-state index contributed by atoms with van der Waals surface area (Å²) in [6.45, 7) is 10.1. The lowest BCUT2D eigenvalue weighted by atomic mass is 9.90. The zero-order valence-electron chi connectivity index (χ0n) is 35.0. The van der Waals surface area contributed by atoms with Crippen molar-refractivity contribution in [2.45, 2.75) is 76.8 Å². The lowest BCUT2D eigenvalue weighted by Crippen LogP contribution is -2.49. The van der Waals surface area contributed by atoms with Crippen LogP contribution >= 0.6 is 0 Å². The van der Waals surface area contributed by atoms with Crippen LogP contribution in [0.15, 0.2) is 48.7 Å². The first kappa shape index (κ1) is 41.0. The molecule has 3 saturated heterocycles. The van der Waals surface area contributed by atoms with Gasteiger partial charge in [-0.3, -0.25) is 34.2 Å². The number of anilines is 5. The van der Waals surface area contributed by atoms with Crippen LogP contribution in [0.1, 0.15) is 80.6 Å². The van der Waals surface area contributed by atoms with E-state index in [1.807, 2.05) is 17.0 Å². The Kier molecular flexibility index (Phi) is 11.7. The van der Waals surface area contributed by atoms with Gasteiger partial charge in [0.2, 0.25) is 29.6 Å². The van der Waals surface area contributed by atoms with Crippen LogP contribution in [0.25, 0.3) is 0 Å². The summed E-state index contributed by atoms with van der Waals surface area (Å²) in [4.78, 5) is 83.5. The van der Waals surface area contributed by atoms with Crippen molar-refractivity contribution < 1.29 is 28.7 Å². The molecule has 16 heteroatoms. The third-order valence-electron chi connectivity index (χ3n) is 12.9. The molecule has 60 heavy (non-hydrogen) atoms. The van der Waals surface area contributed by atoms with Gasteiger partial charge in [0.15, 0.2) is 5.82 Å². The van der Waals surface area contributed by atoms with Gasteiger partial charge in [0.05, 0.1) is 30.3 Å². The maximum Gasteiger partial charge on any atom is 0.251 e. The van der Waals surface area contributed by atoms with Crippen molar-refractivity contribution in [1.29, 1.82) is 0 Å². The lowest BCUT2D eigenvalue weighted by molar-refractivity contribution is -0.134. The number of nitrogens with zero attached hydrogens (tertiary/aromatic N) is 7. The van der Waals surface area contributed by atoms with Crippen LogP contribution in [0.2, 0.25) is 0 Å². The number of nitrogens with one attached hydrogen (secondary N) is 3. The number of hydrogen-bond acceptors (Lipinski definition) is 12. The molecule has 5 amide bonds. The second-order valence-electron chi connectivity index (χ2n) is 17.1. The number of fused-ring (bicyclic) bond motifs is 1. The molecule has 5 heterocycles. The molecule has 3 N–H and O–H groups in total. The van der Waals surface area contributed by atoms with Crippen molar-refractivity contribution in [2.24, 2.45) is 5.41 Å². The summed E-state index contributed by atoms with van der Waals surface area (Å²) in [6.07, 6.45) is 6.16. The van der Waals surface area contributed by atoms with Crippen LogP contribution in [0.4, 0.5) is 28.8 Å². The van der Waals surface area contributed by atoms with Gasteiger partial charge in [0.1, 0.15) is 11.4 Å². The van der Waals surface area contributed by atoms with E-state index in [1.165, 1.54) is 0 Å². The Balaban J connectivity index is 0.782. The number of benzene rings is 2. The van der Waals surface area contributed by atoms with Crippen LogP contribution in [0, 0.1) is 5.41 Å². The minimum Gasteiger partial charge on any atom is -0.495 e. The van der Waals surface area contributed by atoms with Gasteiger partial charge < -0.3 is 35.0 Å². The number of piperidine rings is 2. The van der Waals surface area contributed by atoms with Crippen LogP contribution in [0.3, 0.4) is 0 Å². The van der Waals surface area contributed by atoms with E-state index in [-0.39, 0.29) is 53.0 Å². The quantitative estimate of drug-likeness (QED) is 0.240. The molecular weight excluding hydrogens is 765 g/mol. The Labute approximate surface area is 351 Å². The number of hydrogen-bond donors (Lipinski definition) is 3. The number of aromatic nitrogens is 2. The third kappa shape index (κ3) is 8.60. The molecule has 1 unspecified atom stereocenters. The highest BCUT2D eigenvalue weighted by molar-refractivity contribution is 6.03. The zero-order valence-corrected chi connectivity index (χ0v) is 35.0. The number of piperazine rings is 1. The highest BCUT2D eigenvalue weighted by Gasteiger charge is 2.55. The third-order valence-corrected chi connectivity index (χ3v) is 12.9. The van der Waals surface area contributed by atoms with E-state index in [1.54, 1.807) is 43.5 Å². The molecule has 1 atom stereocenters. The van der Waals surface area contributed by atoms with E-state index in [0.29, 0.717) is 92.7 Å². The normalized spacial score (nSPS) is 20.8. The largest absolute Gasteiger partial charge is 0.495 e. The predicted molar refractivity (Wildman–Crippen MR) is 228 cm³/mol. The molecule has 0 bridgehead atoms.